The lowest BCUT2D eigenvalue weighted by Crippen LogP contribution is -2.04. The maximum Gasteiger partial charge on any atom is 0.161 e. The van der Waals surface area contributed by atoms with Crippen molar-refractivity contribution in [3.63, 3.8) is 0 Å². The Balaban J connectivity index is 2.57. The molecular weight excluding hydrogens is 206 g/mol. The second-order valence-electron chi connectivity index (χ2n) is 3.49. The van der Waals surface area contributed by atoms with Crippen LogP contribution in [-0.2, 0) is 6.61 Å². The lowest BCUT2D eigenvalue weighted by atomic mass is 10.2. The highest BCUT2D eigenvalue weighted by Gasteiger charge is 2.04. The van der Waals surface area contributed by atoms with Crippen LogP contribution < -0.4 is 15.2 Å². The summed E-state index contributed by atoms with van der Waals surface area (Å²) < 4.78 is 10.8. The number of hydrogen-bond donors (Lipinski definition) is 2. The van der Waals surface area contributed by atoms with Crippen molar-refractivity contribution >= 4 is 0 Å². The fourth-order valence-corrected chi connectivity index (χ4v) is 1.36. The number of nitrogens with two attached hydrogens (primary N) is 1. The molecule has 0 saturated heterocycles. The zero-order valence-electron chi connectivity index (χ0n) is 9.61. The fourth-order valence-electron chi connectivity index (χ4n) is 1.36. The van der Waals surface area contributed by atoms with Gasteiger partial charge >= 0.3 is 0 Å². The molecular formula is C12H19NO3. The van der Waals surface area contributed by atoms with Crippen LogP contribution in [0.2, 0.25) is 0 Å². The van der Waals surface area contributed by atoms with E-state index in [9.17, 15) is 0 Å². The summed E-state index contributed by atoms with van der Waals surface area (Å²) in [6, 6.07) is 5.41. The van der Waals surface area contributed by atoms with E-state index in [4.69, 9.17) is 20.3 Å². The molecule has 4 nitrogen and oxygen atoms in total. The van der Waals surface area contributed by atoms with Gasteiger partial charge in [0.15, 0.2) is 11.5 Å². The maximum atomic E-state index is 8.98. The van der Waals surface area contributed by atoms with E-state index < -0.39 is 0 Å². The molecule has 1 aromatic carbocycles. The van der Waals surface area contributed by atoms with Gasteiger partial charge in [-0.05, 0) is 37.1 Å². The molecule has 0 aliphatic carbocycles. The van der Waals surface area contributed by atoms with Gasteiger partial charge in [0.2, 0.25) is 0 Å². The van der Waals surface area contributed by atoms with Crippen molar-refractivity contribution in [1.29, 1.82) is 0 Å². The smallest absolute Gasteiger partial charge is 0.161 e. The van der Waals surface area contributed by atoms with Crippen LogP contribution in [0.5, 0.6) is 11.5 Å². The van der Waals surface area contributed by atoms with Gasteiger partial charge < -0.3 is 20.3 Å². The zero-order valence-corrected chi connectivity index (χ0v) is 9.61. The lowest BCUT2D eigenvalue weighted by molar-refractivity contribution is 0.275. The Morgan fingerprint density at radius 2 is 2.06 bits per heavy atom. The van der Waals surface area contributed by atoms with Gasteiger partial charge in [-0.3, -0.25) is 0 Å². The van der Waals surface area contributed by atoms with Crippen LogP contribution in [0.3, 0.4) is 0 Å². The van der Waals surface area contributed by atoms with Crippen LogP contribution in [0.25, 0.3) is 0 Å². The highest BCUT2D eigenvalue weighted by Crippen LogP contribution is 2.28. The van der Waals surface area contributed by atoms with Crippen molar-refractivity contribution in [3.8, 4) is 11.5 Å². The summed E-state index contributed by atoms with van der Waals surface area (Å²) in [6.07, 6.45) is 1.89. The quantitative estimate of drug-likeness (QED) is 0.687. The molecule has 0 aromatic heterocycles. The molecule has 0 amide bonds. The van der Waals surface area contributed by atoms with Crippen LogP contribution in [0.1, 0.15) is 18.4 Å². The van der Waals surface area contributed by atoms with Crippen LogP contribution in [0, 0.1) is 0 Å². The van der Waals surface area contributed by atoms with Crippen molar-refractivity contribution in [1.82, 2.24) is 0 Å². The molecule has 16 heavy (non-hydrogen) atoms. The molecule has 1 rings (SSSR count). The third-order valence-corrected chi connectivity index (χ3v) is 2.27. The van der Waals surface area contributed by atoms with E-state index in [2.05, 4.69) is 0 Å². The largest absolute Gasteiger partial charge is 0.493 e. The summed E-state index contributed by atoms with van der Waals surface area (Å²) in [4.78, 5) is 0. The molecule has 0 saturated carbocycles. The number of ether oxygens (including phenoxy) is 2. The molecule has 3 N–H and O–H groups in total. The minimum absolute atomic E-state index is 0.00378. The Kier molecular flexibility index (Phi) is 5.67. The molecule has 90 valence electrons. The first-order chi connectivity index (χ1) is 7.81. The van der Waals surface area contributed by atoms with E-state index in [-0.39, 0.29) is 6.61 Å². The van der Waals surface area contributed by atoms with E-state index in [1.54, 1.807) is 13.2 Å². The first kappa shape index (κ1) is 12.8. The third kappa shape index (κ3) is 3.72. The summed E-state index contributed by atoms with van der Waals surface area (Å²) in [7, 11) is 1.59. The zero-order chi connectivity index (χ0) is 11.8. The highest BCUT2D eigenvalue weighted by molar-refractivity contribution is 5.42. The predicted octanol–water partition coefficient (Wildman–Crippen LogP) is 1.31. The van der Waals surface area contributed by atoms with E-state index in [1.807, 2.05) is 12.1 Å². The molecule has 0 fully saturated rings. The average molecular weight is 225 g/mol. The predicted molar refractivity (Wildman–Crippen MR) is 62.7 cm³/mol. The monoisotopic (exact) mass is 225 g/mol. The number of rotatable bonds is 7. The summed E-state index contributed by atoms with van der Waals surface area (Å²) in [5, 5.41) is 8.98. The van der Waals surface area contributed by atoms with Gasteiger partial charge in [-0.15, -0.1) is 0 Å². The maximum absolute atomic E-state index is 8.98. The van der Waals surface area contributed by atoms with E-state index in [1.165, 1.54) is 0 Å². The normalized spacial score (nSPS) is 10.2. The van der Waals surface area contributed by atoms with Gasteiger partial charge in [0.25, 0.3) is 0 Å². The third-order valence-electron chi connectivity index (χ3n) is 2.27. The second-order valence-corrected chi connectivity index (χ2v) is 3.49. The molecule has 0 aliphatic heterocycles. The van der Waals surface area contributed by atoms with Crippen molar-refractivity contribution in [2.24, 2.45) is 5.73 Å². The Hall–Kier alpha value is -1.26. The summed E-state index contributed by atoms with van der Waals surface area (Å²) in [5.74, 6) is 1.36. The van der Waals surface area contributed by atoms with Crippen LogP contribution in [0.4, 0.5) is 0 Å². The first-order valence-corrected chi connectivity index (χ1v) is 5.42. The minimum atomic E-state index is 0.00378. The van der Waals surface area contributed by atoms with Gasteiger partial charge in [-0.2, -0.15) is 0 Å². The van der Waals surface area contributed by atoms with Gasteiger partial charge in [0.05, 0.1) is 20.3 Å². The standard InChI is InChI=1S/C12H19NO3/c1-15-12-8-10(9-14)4-5-11(12)16-7-3-2-6-13/h4-5,8,14H,2-3,6-7,9,13H2,1H3. The number of benzene rings is 1. The van der Waals surface area contributed by atoms with Crippen LogP contribution in [-0.4, -0.2) is 25.4 Å². The number of methoxy groups -OCH3 is 1. The molecule has 0 unspecified atom stereocenters. The van der Waals surface area contributed by atoms with Crippen molar-refractivity contribution in [2.75, 3.05) is 20.3 Å². The van der Waals surface area contributed by atoms with Gasteiger partial charge in [0, 0.05) is 0 Å². The van der Waals surface area contributed by atoms with Crippen molar-refractivity contribution in [3.05, 3.63) is 23.8 Å². The molecule has 0 bridgehead atoms. The minimum Gasteiger partial charge on any atom is -0.493 e. The first-order valence-electron chi connectivity index (χ1n) is 5.42. The molecule has 1 aromatic rings. The Morgan fingerprint density at radius 1 is 1.25 bits per heavy atom. The van der Waals surface area contributed by atoms with Crippen LogP contribution >= 0.6 is 0 Å². The Bertz CT molecular complexity index is 315. The number of aliphatic hydroxyl groups excluding tert-OH is 1. The molecule has 4 heteroatoms. The lowest BCUT2D eigenvalue weighted by Gasteiger charge is -2.11. The average Bonchev–Trinajstić information content (AvgIpc) is 2.34. The van der Waals surface area contributed by atoms with Gasteiger partial charge in [0.1, 0.15) is 0 Å². The van der Waals surface area contributed by atoms with Crippen molar-refractivity contribution < 1.29 is 14.6 Å². The fraction of sp³-hybridized carbons (Fsp3) is 0.500. The van der Waals surface area contributed by atoms with Gasteiger partial charge in [-0.25, -0.2) is 0 Å². The molecule has 0 heterocycles. The van der Waals surface area contributed by atoms with E-state index in [0.717, 1.165) is 18.4 Å². The molecule has 0 aliphatic rings. The number of unbranched alkanes of at least 4 members (excludes halogenated alkanes) is 1. The highest BCUT2D eigenvalue weighted by atomic mass is 16.5. The topological polar surface area (TPSA) is 64.7 Å². The molecule has 0 spiro atoms. The summed E-state index contributed by atoms with van der Waals surface area (Å²) in [5.41, 5.74) is 6.21. The second kappa shape index (κ2) is 7.09. The van der Waals surface area contributed by atoms with Crippen LogP contribution in [0.15, 0.2) is 18.2 Å². The summed E-state index contributed by atoms with van der Waals surface area (Å²) >= 11 is 0. The summed E-state index contributed by atoms with van der Waals surface area (Å²) in [6.45, 7) is 1.32. The van der Waals surface area contributed by atoms with Gasteiger partial charge in [-0.1, -0.05) is 6.07 Å². The number of aliphatic hydroxyl groups is 1. The Labute approximate surface area is 96.0 Å². The SMILES string of the molecule is COc1cc(CO)ccc1OCCCCN. The molecule has 0 radical (unpaired) electrons. The van der Waals surface area contributed by atoms with E-state index >= 15 is 0 Å². The van der Waals surface area contributed by atoms with Crippen molar-refractivity contribution in [2.45, 2.75) is 19.4 Å². The number of hydrogen-bond acceptors (Lipinski definition) is 4. The molecule has 0 atom stereocenters. The van der Waals surface area contributed by atoms with E-state index in [0.29, 0.717) is 24.7 Å². The Morgan fingerprint density at radius 3 is 2.69 bits per heavy atom.